The Morgan fingerprint density at radius 3 is 2.33 bits per heavy atom. The molecule has 0 heterocycles. The first kappa shape index (κ1) is 20.8. The number of hydrogen-bond donors (Lipinski definition) is 3. The highest BCUT2D eigenvalue weighted by Crippen LogP contribution is 2.39. The molecule has 3 N–H and O–H groups in total. The van der Waals surface area contributed by atoms with Crippen molar-refractivity contribution in [3.05, 3.63) is 76.9 Å². The number of benzene rings is 2. The fourth-order valence-corrected chi connectivity index (χ4v) is 4.60. The van der Waals surface area contributed by atoms with Gasteiger partial charge in [-0.25, -0.2) is 4.79 Å². The zero-order chi connectivity index (χ0) is 20.9. The van der Waals surface area contributed by atoms with Crippen LogP contribution < -0.4 is 10.6 Å². The molecule has 2 aliphatic rings. The summed E-state index contributed by atoms with van der Waals surface area (Å²) in [6.07, 6.45) is 8.43. The van der Waals surface area contributed by atoms with E-state index in [9.17, 15) is 4.79 Å². The molecule has 0 amide bonds. The van der Waals surface area contributed by atoms with Crippen LogP contribution in [-0.4, -0.2) is 29.2 Å². The highest BCUT2D eigenvalue weighted by Gasteiger charge is 2.39. The lowest BCUT2D eigenvalue weighted by Crippen LogP contribution is -2.40. The Kier molecular flexibility index (Phi) is 6.66. The zero-order valence-electron chi connectivity index (χ0n) is 17.7. The number of carbonyl (C=O) groups is 1. The molecule has 2 aliphatic carbocycles. The van der Waals surface area contributed by atoms with Crippen LogP contribution in [0, 0.1) is 5.92 Å². The number of aromatic carboxylic acids is 1. The first-order chi connectivity index (χ1) is 14.6. The standard InChI is InChI=1S/C26H32N2O2/c1-18(15-19-5-3-2-4-6-19)24-16-25(24)28-23-13-11-22(12-14-23)27-17-20-7-9-21(10-8-20)26(29)30/h2-10,15,22-25,27-28H,11-14,16-17H2,1H3,(H,29,30)/b18-15+/t22-,23-,24-,25?/m0/s1. The largest absolute Gasteiger partial charge is 0.478 e. The van der Waals surface area contributed by atoms with Crippen LogP contribution in [0.3, 0.4) is 0 Å². The average Bonchev–Trinajstić information content (AvgIpc) is 3.53. The minimum Gasteiger partial charge on any atom is -0.478 e. The number of nitrogens with one attached hydrogen (secondary N) is 2. The van der Waals surface area contributed by atoms with Crippen LogP contribution in [0.25, 0.3) is 6.08 Å². The normalized spacial score (nSPS) is 26.4. The van der Waals surface area contributed by atoms with Crippen molar-refractivity contribution in [1.29, 1.82) is 0 Å². The third-order valence-electron chi connectivity index (χ3n) is 6.54. The zero-order valence-corrected chi connectivity index (χ0v) is 17.7. The van der Waals surface area contributed by atoms with Crippen LogP contribution in [0.2, 0.25) is 0 Å². The van der Waals surface area contributed by atoms with Crippen LogP contribution >= 0.6 is 0 Å². The average molecular weight is 405 g/mol. The molecule has 0 spiro atoms. The van der Waals surface area contributed by atoms with Crippen molar-refractivity contribution >= 4 is 12.0 Å². The molecule has 2 fully saturated rings. The Morgan fingerprint density at radius 2 is 1.67 bits per heavy atom. The Balaban J connectivity index is 1.17. The third kappa shape index (κ3) is 5.59. The van der Waals surface area contributed by atoms with E-state index in [2.05, 4.69) is 54.0 Å². The molecule has 0 radical (unpaired) electrons. The summed E-state index contributed by atoms with van der Waals surface area (Å²) in [5, 5.41) is 16.5. The molecule has 0 saturated heterocycles. The van der Waals surface area contributed by atoms with Crippen LogP contribution in [0.4, 0.5) is 0 Å². The van der Waals surface area contributed by atoms with Gasteiger partial charge in [-0.3, -0.25) is 0 Å². The summed E-state index contributed by atoms with van der Waals surface area (Å²) in [4.78, 5) is 10.9. The monoisotopic (exact) mass is 404 g/mol. The highest BCUT2D eigenvalue weighted by molar-refractivity contribution is 5.87. The summed E-state index contributed by atoms with van der Waals surface area (Å²) in [6, 6.07) is 19.6. The molecule has 2 saturated carbocycles. The molecule has 1 unspecified atom stereocenters. The molecule has 4 heteroatoms. The van der Waals surface area contributed by atoms with E-state index < -0.39 is 5.97 Å². The van der Waals surface area contributed by atoms with E-state index in [4.69, 9.17) is 5.11 Å². The van der Waals surface area contributed by atoms with Crippen molar-refractivity contribution in [3.8, 4) is 0 Å². The van der Waals surface area contributed by atoms with Crippen LogP contribution in [-0.2, 0) is 6.54 Å². The van der Waals surface area contributed by atoms with Gasteiger partial charge in [0.05, 0.1) is 5.56 Å². The summed E-state index contributed by atoms with van der Waals surface area (Å²) in [6.45, 7) is 3.07. The molecule has 2 aromatic rings. The quantitative estimate of drug-likeness (QED) is 0.588. The minimum absolute atomic E-state index is 0.345. The molecular weight excluding hydrogens is 372 g/mol. The van der Waals surface area contributed by atoms with Gasteiger partial charge >= 0.3 is 5.97 Å². The van der Waals surface area contributed by atoms with E-state index in [0.29, 0.717) is 29.6 Å². The van der Waals surface area contributed by atoms with E-state index >= 15 is 0 Å². The molecule has 30 heavy (non-hydrogen) atoms. The Morgan fingerprint density at radius 1 is 1.00 bits per heavy atom. The van der Waals surface area contributed by atoms with Gasteiger partial charge in [0.15, 0.2) is 0 Å². The summed E-state index contributed by atoms with van der Waals surface area (Å²) in [5.41, 5.74) is 4.27. The molecule has 2 aromatic carbocycles. The number of rotatable bonds is 8. The van der Waals surface area contributed by atoms with E-state index in [1.54, 1.807) is 12.1 Å². The lowest BCUT2D eigenvalue weighted by molar-refractivity contribution is 0.0697. The first-order valence-electron chi connectivity index (χ1n) is 11.1. The molecule has 0 aliphatic heterocycles. The summed E-state index contributed by atoms with van der Waals surface area (Å²) in [5.74, 6) is -0.182. The molecule has 158 valence electrons. The van der Waals surface area contributed by atoms with Gasteiger partial charge in [0.2, 0.25) is 0 Å². The van der Waals surface area contributed by atoms with Gasteiger partial charge in [0, 0.05) is 24.7 Å². The van der Waals surface area contributed by atoms with E-state index in [0.717, 1.165) is 12.1 Å². The molecule has 4 rings (SSSR count). The molecule has 0 aromatic heterocycles. The van der Waals surface area contributed by atoms with Crippen molar-refractivity contribution in [1.82, 2.24) is 10.6 Å². The summed E-state index contributed by atoms with van der Waals surface area (Å²) < 4.78 is 0. The summed E-state index contributed by atoms with van der Waals surface area (Å²) in [7, 11) is 0. The molecular formula is C26H32N2O2. The van der Waals surface area contributed by atoms with Crippen molar-refractivity contribution < 1.29 is 9.90 Å². The summed E-state index contributed by atoms with van der Waals surface area (Å²) >= 11 is 0. The second kappa shape index (κ2) is 9.59. The predicted molar refractivity (Wildman–Crippen MR) is 121 cm³/mol. The maximum Gasteiger partial charge on any atom is 0.335 e. The maximum atomic E-state index is 10.9. The van der Waals surface area contributed by atoms with Gasteiger partial charge in [-0.15, -0.1) is 0 Å². The van der Waals surface area contributed by atoms with E-state index in [1.165, 1.54) is 43.2 Å². The number of hydrogen-bond acceptors (Lipinski definition) is 3. The number of carboxylic acids is 1. The highest BCUT2D eigenvalue weighted by atomic mass is 16.4. The Bertz CT molecular complexity index is 868. The van der Waals surface area contributed by atoms with Crippen LogP contribution in [0.1, 0.15) is 60.5 Å². The van der Waals surface area contributed by atoms with Gasteiger partial charge in [0.25, 0.3) is 0 Å². The van der Waals surface area contributed by atoms with Gasteiger partial charge < -0.3 is 15.7 Å². The Hall–Kier alpha value is -2.43. The van der Waals surface area contributed by atoms with Crippen molar-refractivity contribution in [2.45, 2.75) is 63.7 Å². The van der Waals surface area contributed by atoms with Crippen LogP contribution in [0.15, 0.2) is 60.2 Å². The van der Waals surface area contributed by atoms with Crippen molar-refractivity contribution in [2.75, 3.05) is 0 Å². The second-order valence-electron chi connectivity index (χ2n) is 8.85. The fourth-order valence-electron chi connectivity index (χ4n) is 4.60. The lowest BCUT2D eigenvalue weighted by Gasteiger charge is -2.30. The van der Waals surface area contributed by atoms with Crippen molar-refractivity contribution in [2.24, 2.45) is 5.92 Å². The Labute approximate surface area is 179 Å². The van der Waals surface area contributed by atoms with Gasteiger partial charge in [-0.2, -0.15) is 0 Å². The van der Waals surface area contributed by atoms with Gasteiger partial charge in [-0.1, -0.05) is 54.1 Å². The second-order valence-corrected chi connectivity index (χ2v) is 8.85. The van der Waals surface area contributed by atoms with E-state index in [-0.39, 0.29) is 0 Å². The molecule has 4 nitrogen and oxygen atoms in total. The fraction of sp³-hybridized carbons (Fsp3) is 0.423. The lowest BCUT2D eigenvalue weighted by atomic mass is 9.91. The van der Waals surface area contributed by atoms with E-state index in [1.807, 2.05) is 12.1 Å². The predicted octanol–water partition coefficient (Wildman–Crippen LogP) is 4.87. The molecule has 2 atom stereocenters. The molecule has 0 bridgehead atoms. The smallest absolute Gasteiger partial charge is 0.335 e. The first-order valence-corrected chi connectivity index (χ1v) is 11.1. The maximum absolute atomic E-state index is 10.9. The topological polar surface area (TPSA) is 61.4 Å². The van der Waals surface area contributed by atoms with Gasteiger partial charge in [-0.05, 0) is 68.2 Å². The van der Waals surface area contributed by atoms with Gasteiger partial charge in [0.1, 0.15) is 0 Å². The number of carboxylic acid groups (broad SMARTS) is 1. The minimum atomic E-state index is -0.871. The SMILES string of the molecule is C/C(=C\c1ccccc1)[C@@H]1CC1N[C@H]1CC[C@H](NCc2ccc(C(=O)O)cc2)CC1. The van der Waals surface area contributed by atoms with Crippen LogP contribution in [0.5, 0.6) is 0 Å². The third-order valence-corrected chi connectivity index (χ3v) is 6.54. The van der Waals surface area contributed by atoms with Crippen molar-refractivity contribution in [3.63, 3.8) is 0 Å².